The molecule has 0 radical (unpaired) electrons. The highest BCUT2D eigenvalue weighted by Gasteiger charge is 2.80. The largest absolute Gasteiger partial charge is 0.458 e. The summed E-state index contributed by atoms with van der Waals surface area (Å²) in [7, 11) is 0. The number of hydrogen-bond donors (Lipinski definition) is 1. The summed E-state index contributed by atoms with van der Waals surface area (Å²) in [6, 6.07) is 0. The number of Topliss-reactive ketones (excluding diaryl/α,β-unsaturated/α-hetero) is 1. The number of fused-ring (bicyclic) bond motifs is 7. The molecule has 7 nitrogen and oxygen atoms in total. The predicted octanol–water partition coefficient (Wildman–Crippen LogP) is 2.94. The number of rotatable bonds is 3. The van der Waals surface area contributed by atoms with Crippen molar-refractivity contribution in [3.8, 4) is 0 Å². The fourth-order valence-corrected chi connectivity index (χ4v) is 8.08. The Morgan fingerprint density at radius 3 is 2.54 bits per heavy atom. The maximum Gasteiger partial charge on any atom is 0.303 e. The van der Waals surface area contributed by atoms with Gasteiger partial charge in [0.05, 0.1) is 12.2 Å². The highest BCUT2D eigenvalue weighted by Crippen LogP contribution is 2.72. The van der Waals surface area contributed by atoms with Gasteiger partial charge in [-0.05, 0) is 63.7 Å². The summed E-state index contributed by atoms with van der Waals surface area (Å²) in [6.07, 6.45) is -0.345. The Kier molecular flexibility index (Phi) is 5.15. The van der Waals surface area contributed by atoms with Crippen LogP contribution in [-0.4, -0.2) is 64.7 Å². The van der Waals surface area contributed by atoms with E-state index in [1.165, 1.54) is 26.0 Å². The third-order valence-electron chi connectivity index (χ3n) is 9.44. The second kappa shape index (κ2) is 7.29. The van der Waals surface area contributed by atoms with E-state index in [2.05, 4.69) is 0 Å². The lowest BCUT2D eigenvalue weighted by Gasteiger charge is -2.63. The van der Waals surface area contributed by atoms with Crippen LogP contribution in [0.25, 0.3) is 0 Å². The molecule has 0 spiro atoms. The first-order valence-electron chi connectivity index (χ1n) is 12.1. The van der Waals surface area contributed by atoms with E-state index < -0.39 is 82.2 Å². The van der Waals surface area contributed by atoms with Crippen LogP contribution in [0.3, 0.4) is 0 Å². The molecule has 0 aromatic carbocycles. The minimum Gasteiger partial charge on any atom is -0.458 e. The number of carbonyl (C=O) groups is 3. The molecule has 192 valence electrons. The van der Waals surface area contributed by atoms with Crippen molar-refractivity contribution < 1.29 is 42.5 Å². The van der Waals surface area contributed by atoms with Crippen molar-refractivity contribution in [1.82, 2.24) is 0 Å². The van der Waals surface area contributed by atoms with E-state index in [4.69, 9.17) is 14.2 Å². The fourth-order valence-electron chi connectivity index (χ4n) is 8.08. The van der Waals surface area contributed by atoms with Crippen molar-refractivity contribution in [3.05, 3.63) is 23.8 Å². The molecule has 4 fully saturated rings. The molecule has 4 aliphatic carbocycles. The Balaban J connectivity index is 1.62. The van der Waals surface area contributed by atoms with E-state index in [0.29, 0.717) is 0 Å². The Morgan fingerprint density at radius 1 is 1.20 bits per heavy atom. The van der Waals surface area contributed by atoms with Crippen molar-refractivity contribution in [2.24, 2.45) is 22.7 Å². The predicted molar refractivity (Wildman–Crippen MR) is 118 cm³/mol. The molecule has 35 heavy (non-hydrogen) atoms. The molecule has 9 atom stereocenters. The molecule has 3 saturated carbocycles. The van der Waals surface area contributed by atoms with E-state index in [1.807, 2.05) is 0 Å². The van der Waals surface area contributed by atoms with Crippen LogP contribution in [-0.2, 0) is 28.6 Å². The van der Waals surface area contributed by atoms with Crippen LogP contribution < -0.4 is 0 Å². The maximum atomic E-state index is 17.3. The molecule has 0 aromatic rings. The van der Waals surface area contributed by atoms with Gasteiger partial charge in [0.25, 0.3) is 0 Å². The first-order chi connectivity index (χ1) is 16.1. The summed E-state index contributed by atoms with van der Waals surface area (Å²) in [5.41, 5.74) is -6.46. The average Bonchev–Trinajstić information content (AvgIpc) is 3.16. The SMILES string of the molecule is CC(=O)OCC(=O)[C@]12OC(C)(C)O[C@@H]1C[C@@H]1[C@H]3C[C@H](F)C4=CC(=O)C=C[C@]4(C)[C@]3(F)[C@@H](O)C[C@@]12C. The minimum atomic E-state index is -2.27. The Hall–Kier alpha value is -1.97. The van der Waals surface area contributed by atoms with E-state index in [9.17, 15) is 19.5 Å². The zero-order valence-electron chi connectivity index (χ0n) is 20.6. The molecule has 1 aliphatic heterocycles. The van der Waals surface area contributed by atoms with Crippen LogP contribution in [0.1, 0.15) is 53.9 Å². The summed E-state index contributed by atoms with van der Waals surface area (Å²) < 4.78 is 50.3. The molecule has 1 N–H and O–H groups in total. The number of aliphatic hydroxyl groups excluding tert-OH is 1. The number of ether oxygens (including phenoxy) is 3. The van der Waals surface area contributed by atoms with Gasteiger partial charge in [-0.3, -0.25) is 14.4 Å². The first-order valence-corrected chi connectivity index (χ1v) is 12.1. The molecule has 1 heterocycles. The highest BCUT2D eigenvalue weighted by molar-refractivity contribution is 6.01. The third kappa shape index (κ3) is 2.95. The number of alkyl halides is 2. The fraction of sp³-hybridized carbons (Fsp3) is 0.731. The summed E-state index contributed by atoms with van der Waals surface area (Å²) in [5.74, 6) is -4.23. The molecule has 0 unspecified atom stereocenters. The summed E-state index contributed by atoms with van der Waals surface area (Å²) in [4.78, 5) is 37.1. The van der Waals surface area contributed by atoms with Crippen molar-refractivity contribution in [3.63, 3.8) is 0 Å². The van der Waals surface area contributed by atoms with Crippen molar-refractivity contribution in [2.75, 3.05) is 6.61 Å². The lowest BCUT2D eigenvalue weighted by atomic mass is 9.44. The number of halogens is 2. The van der Waals surface area contributed by atoms with Gasteiger partial charge in [-0.15, -0.1) is 0 Å². The third-order valence-corrected chi connectivity index (χ3v) is 9.44. The highest BCUT2D eigenvalue weighted by atomic mass is 19.1. The smallest absolute Gasteiger partial charge is 0.303 e. The second-order valence-corrected chi connectivity index (χ2v) is 11.6. The molecule has 9 heteroatoms. The van der Waals surface area contributed by atoms with Gasteiger partial charge >= 0.3 is 5.97 Å². The number of esters is 1. The minimum absolute atomic E-state index is 0.0406. The van der Waals surface area contributed by atoms with Crippen LogP contribution in [0.5, 0.6) is 0 Å². The molecule has 5 aliphatic rings. The van der Waals surface area contributed by atoms with Gasteiger partial charge in [-0.25, -0.2) is 8.78 Å². The number of ketones is 2. The van der Waals surface area contributed by atoms with Crippen LogP contribution >= 0.6 is 0 Å². The Bertz CT molecular complexity index is 1070. The van der Waals surface area contributed by atoms with Crippen molar-refractivity contribution in [1.29, 1.82) is 0 Å². The molecular weight excluding hydrogens is 462 g/mol. The quantitative estimate of drug-likeness (QED) is 0.603. The molecule has 0 amide bonds. The summed E-state index contributed by atoms with van der Waals surface area (Å²) in [6.45, 7) is 7.28. The number of hydrogen-bond acceptors (Lipinski definition) is 7. The van der Waals surface area contributed by atoms with Crippen LogP contribution in [0, 0.1) is 22.7 Å². The van der Waals surface area contributed by atoms with Crippen molar-refractivity contribution >= 4 is 17.5 Å². The molecule has 0 aromatic heterocycles. The normalized spacial score (nSPS) is 49.4. The molecule has 1 saturated heterocycles. The second-order valence-electron chi connectivity index (χ2n) is 11.6. The number of allylic oxidation sites excluding steroid dienone is 4. The van der Waals surface area contributed by atoms with E-state index >= 15 is 8.78 Å². The van der Waals surface area contributed by atoms with Gasteiger partial charge in [0.2, 0.25) is 5.78 Å². The van der Waals surface area contributed by atoms with Gasteiger partial charge in [0.15, 0.2) is 29.4 Å². The van der Waals surface area contributed by atoms with E-state index in [0.717, 1.165) is 6.08 Å². The van der Waals surface area contributed by atoms with Gasteiger partial charge in [-0.2, -0.15) is 0 Å². The monoisotopic (exact) mass is 494 g/mol. The van der Waals surface area contributed by atoms with Crippen LogP contribution in [0.15, 0.2) is 23.8 Å². The van der Waals surface area contributed by atoms with Gasteiger partial charge in [-0.1, -0.05) is 13.0 Å². The van der Waals surface area contributed by atoms with Crippen LogP contribution in [0.4, 0.5) is 8.78 Å². The van der Waals surface area contributed by atoms with Crippen LogP contribution in [0.2, 0.25) is 0 Å². The van der Waals surface area contributed by atoms with E-state index in [1.54, 1.807) is 20.8 Å². The number of carbonyl (C=O) groups excluding carboxylic acids is 3. The number of aliphatic hydroxyl groups is 1. The van der Waals surface area contributed by atoms with Gasteiger partial charge in [0.1, 0.15) is 6.17 Å². The lowest BCUT2D eigenvalue weighted by molar-refractivity contribution is -0.249. The molecular formula is C26H32F2O7. The van der Waals surface area contributed by atoms with Gasteiger partial charge in [0, 0.05) is 23.7 Å². The first kappa shape index (κ1) is 24.7. The lowest BCUT2D eigenvalue weighted by Crippen LogP contribution is -2.71. The van der Waals surface area contributed by atoms with Gasteiger partial charge < -0.3 is 19.3 Å². The van der Waals surface area contributed by atoms with E-state index in [-0.39, 0.29) is 24.8 Å². The standard InChI is InChI=1S/C26H32F2O7/c1-13(29)33-12-20(32)26-21(34-22(2,3)35-26)10-15-16-9-18(27)17-8-14(30)6-7-23(17,4)25(16,28)19(31)11-24(15,26)5/h6-8,15-16,18-19,21,31H,9-12H2,1-5H3/t15-,16-,18+,19+,21-,23+,24+,25-,26+/m1/s1. The Labute approximate surface area is 202 Å². The topological polar surface area (TPSA) is 99.1 Å². The molecule has 5 rings (SSSR count). The maximum absolute atomic E-state index is 17.3. The zero-order chi connectivity index (χ0) is 25.8. The molecule has 0 bridgehead atoms. The zero-order valence-corrected chi connectivity index (χ0v) is 20.6. The summed E-state index contributed by atoms with van der Waals surface area (Å²) in [5, 5.41) is 11.5. The van der Waals surface area contributed by atoms with Crippen molar-refractivity contribution in [2.45, 2.75) is 89.3 Å². The average molecular weight is 495 g/mol. The Morgan fingerprint density at radius 2 is 1.89 bits per heavy atom. The summed E-state index contributed by atoms with van der Waals surface area (Å²) >= 11 is 0.